The third kappa shape index (κ3) is 4.58. The first kappa shape index (κ1) is 16.1. The number of halogens is 1. The molecule has 0 fully saturated rings. The van der Waals surface area contributed by atoms with Crippen molar-refractivity contribution in [1.82, 2.24) is 15.3 Å². The number of H-pyrrole nitrogens is 1. The van der Waals surface area contributed by atoms with Crippen molar-refractivity contribution in [3.63, 3.8) is 0 Å². The van der Waals surface area contributed by atoms with E-state index in [1.807, 2.05) is 0 Å². The van der Waals surface area contributed by atoms with Crippen molar-refractivity contribution in [2.45, 2.75) is 52.6 Å². The molecule has 1 unspecified atom stereocenters. The summed E-state index contributed by atoms with van der Waals surface area (Å²) in [4.78, 5) is 7.71. The molecule has 2 aromatic rings. The second-order valence-corrected chi connectivity index (χ2v) is 5.93. The third-order valence-electron chi connectivity index (χ3n) is 3.71. The molecule has 1 aromatic carbocycles. The molecule has 0 aliphatic carbocycles. The summed E-state index contributed by atoms with van der Waals surface area (Å²) in [5.41, 5.74) is 3.53. The Morgan fingerprint density at radius 3 is 2.67 bits per heavy atom. The van der Waals surface area contributed by atoms with Crippen LogP contribution >= 0.6 is 11.6 Å². The lowest BCUT2D eigenvalue weighted by Crippen LogP contribution is -2.18. The van der Waals surface area contributed by atoms with Crippen LogP contribution in [0, 0.1) is 6.92 Å². The second kappa shape index (κ2) is 7.62. The highest BCUT2D eigenvalue weighted by molar-refractivity contribution is 6.30. The number of aromatic amines is 1. The Hall–Kier alpha value is -1.32. The molecule has 21 heavy (non-hydrogen) atoms. The van der Waals surface area contributed by atoms with E-state index >= 15 is 0 Å². The Morgan fingerprint density at radius 2 is 2.00 bits per heavy atom. The lowest BCUT2D eigenvalue weighted by atomic mass is 10.1. The Balaban J connectivity index is 1.93. The zero-order chi connectivity index (χ0) is 15.2. The molecule has 0 radical (unpaired) electrons. The predicted octanol–water partition coefficient (Wildman–Crippen LogP) is 4.56. The smallest absolute Gasteiger partial charge is 0.151 e. The van der Waals surface area contributed by atoms with E-state index < -0.39 is 0 Å². The molecule has 0 bridgehead atoms. The number of rotatable bonds is 7. The van der Waals surface area contributed by atoms with E-state index in [0.717, 1.165) is 30.8 Å². The van der Waals surface area contributed by atoms with Crippen molar-refractivity contribution < 1.29 is 0 Å². The van der Waals surface area contributed by atoms with Crippen LogP contribution in [0.5, 0.6) is 0 Å². The monoisotopic (exact) mass is 305 g/mol. The van der Waals surface area contributed by atoms with Gasteiger partial charge in [-0.1, -0.05) is 54.8 Å². The van der Waals surface area contributed by atoms with Crippen molar-refractivity contribution in [3.05, 3.63) is 52.1 Å². The van der Waals surface area contributed by atoms with Gasteiger partial charge in [0.25, 0.3) is 0 Å². The highest BCUT2D eigenvalue weighted by Gasteiger charge is 2.10. The highest BCUT2D eigenvalue weighted by atomic mass is 35.5. The van der Waals surface area contributed by atoms with Crippen LogP contribution in [0.2, 0.25) is 5.15 Å². The SMILES string of the molecule is CCCCc1nc(Cl)c(CNC(C)c2ccc(C)cc2)[nH]1. The van der Waals surface area contributed by atoms with Crippen LogP contribution in [0.3, 0.4) is 0 Å². The lowest BCUT2D eigenvalue weighted by molar-refractivity contribution is 0.568. The third-order valence-corrected chi connectivity index (χ3v) is 4.02. The van der Waals surface area contributed by atoms with Gasteiger partial charge in [-0.25, -0.2) is 4.98 Å². The molecular formula is C17H24ClN3. The molecule has 0 aliphatic heterocycles. The molecule has 0 aliphatic rings. The van der Waals surface area contributed by atoms with E-state index in [-0.39, 0.29) is 6.04 Å². The van der Waals surface area contributed by atoms with Gasteiger partial charge in [-0.2, -0.15) is 0 Å². The molecule has 2 N–H and O–H groups in total. The molecule has 3 nitrogen and oxygen atoms in total. The average Bonchev–Trinajstić information content (AvgIpc) is 2.83. The number of benzene rings is 1. The summed E-state index contributed by atoms with van der Waals surface area (Å²) in [6.07, 6.45) is 3.26. The van der Waals surface area contributed by atoms with Crippen LogP contribution in [-0.2, 0) is 13.0 Å². The maximum absolute atomic E-state index is 6.19. The fraction of sp³-hybridized carbons (Fsp3) is 0.471. The summed E-state index contributed by atoms with van der Waals surface area (Å²) in [6, 6.07) is 8.88. The number of aromatic nitrogens is 2. The summed E-state index contributed by atoms with van der Waals surface area (Å²) >= 11 is 6.19. The first-order valence-corrected chi connectivity index (χ1v) is 8.01. The molecular weight excluding hydrogens is 282 g/mol. The Labute approximate surface area is 132 Å². The van der Waals surface area contributed by atoms with Crippen molar-refractivity contribution in [2.75, 3.05) is 0 Å². The van der Waals surface area contributed by atoms with E-state index in [9.17, 15) is 0 Å². The van der Waals surface area contributed by atoms with E-state index in [1.54, 1.807) is 0 Å². The van der Waals surface area contributed by atoms with Gasteiger partial charge in [-0.15, -0.1) is 0 Å². The van der Waals surface area contributed by atoms with Crippen molar-refractivity contribution in [3.8, 4) is 0 Å². The molecule has 1 heterocycles. The minimum absolute atomic E-state index is 0.282. The molecule has 114 valence electrons. The number of hydrogen-bond donors (Lipinski definition) is 2. The van der Waals surface area contributed by atoms with Crippen LogP contribution in [0.4, 0.5) is 0 Å². The summed E-state index contributed by atoms with van der Waals surface area (Å²) in [7, 11) is 0. The summed E-state index contributed by atoms with van der Waals surface area (Å²) in [5, 5.41) is 4.08. The first-order chi connectivity index (χ1) is 10.1. The Morgan fingerprint density at radius 1 is 1.29 bits per heavy atom. The maximum atomic E-state index is 6.19. The molecule has 0 spiro atoms. The summed E-state index contributed by atoms with van der Waals surface area (Å²) in [5.74, 6) is 0.988. The van der Waals surface area contributed by atoms with Gasteiger partial charge < -0.3 is 10.3 Å². The van der Waals surface area contributed by atoms with E-state index in [0.29, 0.717) is 11.7 Å². The quantitative estimate of drug-likeness (QED) is 0.787. The number of hydrogen-bond acceptors (Lipinski definition) is 2. The number of aryl methyl sites for hydroxylation is 2. The molecule has 1 atom stereocenters. The Bertz CT molecular complexity index is 560. The van der Waals surface area contributed by atoms with Crippen LogP contribution in [0.25, 0.3) is 0 Å². The molecule has 4 heteroatoms. The van der Waals surface area contributed by atoms with Gasteiger partial charge in [0, 0.05) is 19.0 Å². The number of nitrogens with zero attached hydrogens (tertiary/aromatic N) is 1. The largest absolute Gasteiger partial charge is 0.344 e. The van der Waals surface area contributed by atoms with Crippen LogP contribution < -0.4 is 5.32 Å². The number of unbranched alkanes of at least 4 members (excludes halogenated alkanes) is 1. The van der Waals surface area contributed by atoms with Crippen LogP contribution in [0.15, 0.2) is 24.3 Å². The molecule has 0 amide bonds. The maximum Gasteiger partial charge on any atom is 0.151 e. The van der Waals surface area contributed by atoms with Gasteiger partial charge in [-0.05, 0) is 25.8 Å². The fourth-order valence-corrected chi connectivity index (χ4v) is 2.46. The first-order valence-electron chi connectivity index (χ1n) is 7.63. The van der Waals surface area contributed by atoms with Crippen molar-refractivity contribution in [1.29, 1.82) is 0 Å². The lowest BCUT2D eigenvalue weighted by Gasteiger charge is -2.14. The topological polar surface area (TPSA) is 40.7 Å². The van der Waals surface area contributed by atoms with E-state index in [1.165, 1.54) is 11.1 Å². The standard InChI is InChI=1S/C17H24ClN3/c1-4-5-6-16-20-15(17(18)21-16)11-19-13(3)14-9-7-12(2)8-10-14/h7-10,13,19H,4-6,11H2,1-3H3,(H,20,21). The summed E-state index contributed by atoms with van der Waals surface area (Å²) in [6.45, 7) is 7.14. The molecule has 0 saturated heterocycles. The number of nitrogens with one attached hydrogen (secondary N) is 2. The van der Waals surface area contributed by atoms with Gasteiger partial charge in [0.05, 0.1) is 5.69 Å². The molecule has 0 saturated carbocycles. The van der Waals surface area contributed by atoms with Crippen molar-refractivity contribution in [2.24, 2.45) is 0 Å². The van der Waals surface area contributed by atoms with E-state index in [2.05, 4.69) is 60.3 Å². The molecule has 2 rings (SSSR count). The van der Waals surface area contributed by atoms with Gasteiger partial charge in [0.15, 0.2) is 5.15 Å². The minimum Gasteiger partial charge on any atom is -0.344 e. The highest BCUT2D eigenvalue weighted by Crippen LogP contribution is 2.17. The zero-order valence-electron chi connectivity index (χ0n) is 13.0. The zero-order valence-corrected chi connectivity index (χ0v) is 13.8. The predicted molar refractivity (Wildman–Crippen MR) is 88.6 cm³/mol. The van der Waals surface area contributed by atoms with Crippen LogP contribution in [-0.4, -0.2) is 9.97 Å². The van der Waals surface area contributed by atoms with Gasteiger partial charge in [0.1, 0.15) is 5.82 Å². The average molecular weight is 306 g/mol. The summed E-state index contributed by atoms with van der Waals surface area (Å²) < 4.78 is 0. The van der Waals surface area contributed by atoms with Crippen LogP contribution in [0.1, 0.15) is 55.4 Å². The van der Waals surface area contributed by atoms with Crippen molar-refractivity contribution >= 4 is 11.6 Å². The van der Waals surface area contributed by atoms with Gasteiger partial charge in [0.2, 0.25) is 0 Å². The molecule has 1 aromatic heterocycles. The minimum atomic E-state index is 0.282. The number of imidazole rings is 1. The Kier molecular flexibility index (Phi) is 5.83. The fourth-order valence-electron chi connectivity index (χ4n) is 2.25. The van der Waals surface area contributed by atoms with Gasteiger partial charge >= 0.3 is 0 Å². The second-order valence-electron chi connectivity index (χ2n) is 5.57. The normalized spacial score (nSPS) is 12.6. The van der Waals surface area contributed by atoms with E-state index in [4.69, 9.17) is 11.6 Å². The van der Waals surface area contributed by atoms with Gasteiger partial charge in [-0.3, -0.25) is 0 Å².